The van der Waals surface area contributed by atoms with Crippen molar-refractivity contribution in [2.75, 3.05) is 18.5 Å². The van der Waals surface area contributed by atoms with E-state index < -0.39 is 5.82 Å². The Morgan fingerprint density at radius 1 is 1.19 bits per heavy atom. The Kier molecular flexibility index (Phi) is 6.19. The van der Waals surface area contributed by atoms with E-state index in [0.29, 0.717) is 0 Å². The van der Waals surface area contributed by atoms with Crippen LogP contribution in [0.2, 0.25) is 5.02 Å². The van der Waals surface area contributed by atoms with Crippen molar-refractivity contribution in [1.29, 1.82) is 0 Å². The minimum absolute atomic E-state index is 0.144. The second-order valence-electron chi connectivity index (χ2n) is 3.69. The fourth-order valence-electron chi connectivity index (χ4n) is 1.43. The summed E-state index contributed by atoms with van der Waals surface area (Å²) in [6, 6.07) is 4.62. The number of nitrogens with one attached hydrogen (secondary N) is 1. The van der Waals surface area contributed by atoms with Crippen LogP contribution in [0, 0.1) is 5.82 Å². The van der Waals surface area contributed by atoms with E-state index in [-0.39, 0.29) is 11.6 Å². The lowest BCUT2D eigenvalue weighted by Gasteiger charge is -2.06. The van der Waals surface area contributed by atoms with Crippen LogP contribution in [0.1, 0.15) is 25.7 Å². The van der Waals surface area contributed by atoms with Crippen LogP contribution in [0.25, 0.3) is 0 Å². The molecule has 90 valence electrons. The molecule has 0 atom stereocenters. The van der Waals surface area contributed by atoms with Gasteiger partial charge in [-0.3, -0.25) is 0 Å². The number of rotatable bonds is 7. The smallest absolute Gasteiger partial charge is 0.141 e. The van der Waals surface area contributed by atoms with Gasteiger partial charge in [0.25, 0.3) is 0 Å². The van der Waals surface area contributed by atoms with Gasteiger partial charge in [-0.1, -0.05) is 24.4 Å². The average Bonchev–Trinajstić information content (AvgIpc) is 2.28. The van der Waals surface area contributed by atoms with Crippen LogP contribution in [-0.2, 0) is 0 Å². The highest BCUT2D eigenvalue weighted by atomic mass is 35.5. The average molecular weight is 246 g/mol. The molecule has 0 aliphatic heterocycles. The van der Waals surface area contributed by atoms with Crippen LogP contribution in [0.5, 0.6) is 0 Å². The molecule has 0 unspecified atom stereocenters. The maximum atomic E-state index is 12.8. The summed E-state index contributed by atoms with van der Waals surface area (Å²) in [5, 5.41) is 11.9. The number of hydrogen-bond acceptors (Lipinski definition) is 2. The SMILES string of the molecule is OCCCCCCNc1ccc(F)c(Cl)c1. The van der Waals surface area contributed by atoms with Crippen molar-refractivity contribution in [3.05, 3.63) is 29.0 Å². The van der Waals surface area contributed by atoms with E-state index >= 15 is 0 Å². The maximum absolute atomic E-state index is 12.8. The molecule has 0 aromatic heterocycles. The Hall–Kier alpha value is -0.800. The monoisotopic (exact) mass is 245 g/mol. The summed E-state index contributed by atoms with van der Waals surface area (Å²) in [7, 11) is 0. The van der Waals surface area contributed by atoms with Crippen molar-refractivity contribution < 1.29 is 9.50 Å². The van der Waals surface area contributed by atoms with Gasteiger partial charge in [-0.15, -0.1) is 0 Å². The van der Waals surface area contributed by atoms with Gasteiger partial charge in [0.15, 0.2) is 0 Å². The molecule has 0 fully saturated rings. The number of halogens is 2. The molecule has 1 aromatic carbocycles. The van der Waals surface area contributed by atoms with Crippen molar-refractivity contribution >= 4 is 17.3 Å². The van der Waals surface area contributed by atoms with Gasteiger partial charge in [0.1, 0.15) is 5.82 Å². The molecule has 0 aliphatic rings. The van der Waals surface area contributed by atoms with Gasteiger partial charge in [-0.05, 0) is 31.0 Å². The Morgan fingerprint density at radius 2 is 1.94 bits per heavy atom. The molecule has 0 radical (unpaired) electrons. The second kappa shape index (κ2) is 7.47. The molecule has 4 heteroatoms. The molecule has 0 bridgehead atoms. The van der Waals surface area contributed by atoms with Crippen molar-refractivity contribution in [3.63, 3.8) is 0 Å². The molecule has 0 saturated carbocycles. The quantitative estimate of drug-likeness (QED) is 0.722. The molecular weight excluding hydrogens is 229 g/mol. The van der Waals surface area contributed by atoms with Crippen molar-refractivity contribution in [2.45, 2.75) is 25.7 Å². The standard InChI is InChI=1S/C12H17ClFNO/c13-11-9-10(5-6-12(11)14)15-7-3-1-2-4-8-16/h5-6,9,15-16H,1-4,7-8H2. The number of unbranched alkanes of at least 4 members (excludes halogenated alkanes) is 3. The Balaban J connectivity index is 2.19. The van der Waals surface area contributed by atoms with Crippen LogP contribution >= 0.6 is 11.6 Å². The summed E-state index contributed by atoms with van der Waals surface area (Å²) in [4.78, 5) is 0. The largest absolute Gasteiger partial charge is 0.396 e. The second-order valence-corrected chi connectivity index (χ2v) is 4.10. The lowest BCUT2D eigenvalue weighted by molar-refractivity contribution is 0.283. The maximum Gasteiger partial charge on any atom is 0.141 e. The molecule has 0 saturated heterocycles. The van der Waals surface area contributed by atoms with Gasteiger partial charge < -0.3 is 10.4 Å². The van der Waals surface area contributed by atoms with Gasteiger partial charge in [0.2, 0.25) is 0 Å². The highest BCUT2D eigenvalue weighted by Crippen LogP contribution is 2.19. The minimum atomic E-state index is -0.393. The molecule has 0 aliphatic carbocycles. The summed E-state index contributed by atoms with van der Waals surface area (Å²) < 4.78 is 12.8. The zero-order valence-electron chi connectivity index (χ0n) is 9.18. The molecule has 0 heterocycles. The first-order chi connectivity index (χ1) is 7.74. The Labute approximate surface area is 100 Å². The molecule has 1 aromatic rings. The predicted molar refractivity (Wildman–Crippen MR) is 65.5 cm³/mol. The van der Waals surface area contributed by atoms with Gasteiger partial charge in [-0.2, -0.15) is 0 Å². The molecule has 2 nitrogen and oxygen atoms in total. The first kappa shape index (κ1) is 13.3. The van der Waals surface area contributed by atoms with Gasteiger partial charge >= 0.3 is 0 Å². The van der Waals surface area contributed by atoms with Crippen LogP contribution < -0.4 is 5.32 Å². The van der Waals surface area contributed by atoms with E-state index in [9.17, 15) is 4.39 Å². The number of benzene rings is 1. The van der Waals surface area contributed by atoms with E-state index in [1.807, 2.05) is 0 Å². The Morgan fingerprint density at radius 3 is 2.62 bits per heavy atom. The topological polar surface area (TPSA) is 32.3 Å². The third-order valence-corrected chi connectivity index (χ3v) is 2.62. The lowest BCUT2D eigenvalue weighted by atomic mass is 10.2. The molecule has 0 spiro atoms. The van der Waals surface area contributed by atoms with Gasteiger partial charge in [0.05, 0.1) is 5.02 Å². The van der Waals surface area contributed by atoms with Crippen LogP contribution in [-0.4, -0.2) is 18.3 Å². The molecule has 1 rings (SSSR count). The van der Waals surface area contributed by atoms with Crippen molar-refractivity contribution in [1.82, 2.24) is 0 Å². The summed E-state index contributed by atoms with van der Waals surface area (Å²) in [5.74, 6) is -0.393. The molecule has 16 heavy (non-hydrogen) atoms. The first-order valence-corrected chi connectivity index (χ1v) is 5.91. The number of aliphatic hydroxyl groups is 1. The number of anilines is 1. The summed E-state index contributed by atoms with van der Waals surface area (Å²) >= 11 is 5.65. The normalized spacial score (nSPS) is 10.4. The number of hydrogen-bond donors (Lipinski definition) is 2. The highest BCUT2D eigenvalue weighted by molar-refractivity contribution is 6.31. The highest BCUT2D eigenvalue weighted by Gasteiger charge is 1.99. The van der Waals surface area contributed by atoms with Gasteiger partial charge in [0, 0.05) is 18.8 Å². The van der Waals surface area contributed by atoms with Crippen LogP contribution in [0.3, 0.4) is 0 Å². The van der Waals surface area contributed by atoms with Crippen molar-refractivity contribution in [3.8, 4) is 0 Å². The predicted octanol–water partition coefficient (Wildman–Crippen LogP) is 3.44. The summed E-state index contributed by atoms with van der Waals surface area (Å²) in [6.07, 6.45) is 4.03. The molecular formula is C12H17ClFNO. The van der Waals surface area contributed by atoms with E-state index in [4.69, 9.17) is 16.7 Å². The zero-order valence-corrected chi connectivity index (χ0v) is 9.93. The van der Waals surface area contributed by atoms with E-state index in [1.54, 1.807) is 12.1 Å². The molecule has 2 N–H and O–H groups in total. The summed E-state index contributed by atoms with van der Waals surface area (Å²) in [5.41, 5.74) is 0.841. The fraction of sp³-hybridized carbons (Fsp3) is 0.500. The first-order valence-electron chi connectivity index (χ1n) is 5.54. The van der Waals surface area contributed by atoms with Crippen LogP contribution in [0.4, 0.5) is 10.1 Å². The molecule has 0 amide bonds. The van der Waals surface area contributed by atoms with Crippen molar-refractivity contribution in [2.24, 2.45) is 0 Å². The van der Waals surface area contributed by atoms with Gasteiger partial charge in [-0.25, -0.2) is 4.39 Å². The lowest BCUT2D eigenvalue weighted by Crippen LogP contribution is -2.01. The third-order valence-electron chi connectivity index (χ3n) is 2.33. The van der Waals surface area contributed by atoms with Crippen LogP contribution in [0.15, 0.2) is 18.2 Å². The van der Waals surface area contributed by atoms with E-state index in [1.165, 1.54) is 6.07 Å². The van der Waals surface area contributed by atoms with E-state index in [0.717, 1.165) is 37.9 Å². The van der Waals surface area contributed by atoms with E-state index in [2.05, 4.69) is 5.32 Å². The fourth-order valence-corrected chi connectivity index (χ4v) is 1.61. The minimum Gasteiger partial charge on any atom is -0.396 e. The Bertz CT molecular complexity index is 320. The third kappa shape index (κ3) is 4.81. The number of aliphatic hydroxyl groups excluding tert-OH is 1. The summed E-state index contributed by atoms with van der Waals surface area (Å²) in [6.45, 7) is 1.11. The zero-order chi connectivity index (χ0) is 11.8.